The van der Waals surface area contributed by atoms with Crippen LogP contribution in [0.25, 0.3) is 0 Å². The maximum absolute atomic E-state index is 9.99. The fraction of sp³-hybridized carbons (Fsp3) is 0.111. The molecule has 1 aromatic carbocycles. The minimum atomic E-state index is 0.319. The summed E-state index contributed by atoms with van der Waals surface area (Å²) in [6.45, 7) is 3.97. The van der Waals surface area contributed by atoms with Crippen LogP contribution in [0.1, 0.15) is 11.1 Å². The predicted octanol–water partition coefficient (Wildman–Crippen LogP) is 5.29. The Morgan fingerprint density at radius 3 is 2.40 bits per heavy atom. The summed E-state index contributed by atoms with van der Waals surface area (Å²) in [7, 11) is 0. The van der Waals surface area contributed by atoms with Gasteiger partial charge in [-0.3, -0.25) is 0 Å². The molecule has 0 unspecified atom stereocenters. The third-order valence-corrected chi connectivity index (χ3v) is 4.40. The molecule has 3 aromatic rings. The van der Waals surface area contributed by atoms with Gasteiger partial charge in [-0.15, -0.1) is 0 Å². The minimum Gasteiger partial charge on any atom is -0.457 e. The number of hydrogen-bond acceptors (Lipinski definition) is 4. The molecular formula is C18H15Br2N3O2. The largest absolute Gasteiger partial charge is 0.457 e. The van der Waals surface area contributed by atoms with Crippen LogP contribution in [0.4, 0.5) is 5.82 Å². The van der Waals surface area contributed by atoms with Crippen LogP contribution in [-0.2, 0) is 0 Å². The molecule has 0 aliphatic carbocycles. The molecule has 2 heterocycles. The first-order valence-electron chi connectivity index (χ1n) is 7.45. The summed E-state index contributed by atoms with van der Waals surface area (Å²) in [5, 5.41) is 9.99. The zero-order valence-electron chi connectivity index (χ0n) is 13.6. The lowest BCUT2D eigenvalue weighted by Crippen LogP contribution is -2.17. The number of aromatic nitrogens is 2. The van der Waals surface area contributed by atoms with Gasteiger partial charge in [0.25, 0.3) is 0 Å². The molecule has 1 N–H and O–H groups in total. The molecule has 5 nitrogen and oxygen atoms in total. The van der Waals surface area contributed by atoms with Gasteiger partial charge in [-0.25, -0.2) is 9.98 Å². The van der Waals surface area contributed by atoms with Crippen LogP contribution in [0.15, 0.2) is 62.7 Å². The highest BCUT2D eigenvalue weighted by Gasteiger charge is 2.08. The van der Waals surface area contributed by atoms with Crippen LogP contribution >= 0.6 is 31.9 Å². The quantitative estimate of drug-likeness (QED) is 0.536. The van der Waals surface area contributed by atoms with E-state index in [1.54, 1.807) is 24.4 Å². The molecule has 0 amide bonds. The molecule has 0 fully saturated rings. The zero-order chi connectivity index (χ0) is 18.0. The van der Waals surface area contributed by atoms with Crippen molar-refractivity contribution in [3.05, 3.63) is 74.4 Å². The Labute approximate surface area is 161 Å². The molecule has 2 aromatic heterocycles. The van der Waals surface area contributed by atoms with Crippen LogP contribution in [-0.4, -0.2) is 14.9 Å². The summed E-state index contributed by atoms with van der Waals surface area (Å²) in [6.07, 6.45) is 3.13. The fourth-order valence-electron chi connectivity index (χ4n) is 2.34. The van der Waals surface area contributed by atoms with Gasteiger partial charge in [0, 0.05) is 33.5 Å². The van der Waals surface area contributed by atoms with E-state index in [0.717, 1.165) is 30.6 Å². The Morgan fingerprint density at radius 1 is 1.04 bits per heavy atom. The third-order valence-electron chi connectivity index (χ3n) is 3.47. The molecule has 0 spiro atoms. The first kappa shape index (κ1) is 17.7. The lowest BCUT2D eigenvalue weighted by Gasteiger charge is -2.12. The molecule has 7 heteroatoms. The summed E-state index contributed by atoms with van der Waals surface area (Å²) in [5.41, 5.74) is 2.35. The number of benzene rings is 1. The Morgan fingerprint density at radius 2 is 1.76 bits per heavy atom. The maximum Gasteiger partial charge on any atom is 0.173 e. The van der Waals surface area contributed by atoms with E-state index in [-0.39, 0.29) is 0 Å². The van der Waals surface area contributed by atoms with Gasteiger partial charge in [0.2, 0.25) is 0 Å². The molecule has 3 rings (SSSR count). The highest BCUT2D eigenvalue weighted by atomic mass is 79.9. The number of hydrogen-bond donors (Lipinski definition) is 1. The second-order valence-electron chi connectivity index (χ2n) is 5.48. The van der Waals surface area contributed by atoms with Crippen molar-refractivity contribution in [2.24, 2.45) is 4.99 Å². The van der Waals surface area contributed by atoms with Crippen molar-refractivity contribution in [2.45, 2.75) is 13.8 Å². The smallest absolute Gasteiger partial charge is 0.173 e. The summed E-state index contributed by atoms with van der Waals surface area (Å²) in [5.74, 6) is 1.85. The van der Waals surface area contributed by atoms with Crippen molar-refractivity contribution < 1.29 is 9.94 Å². The Hall–Kier alpha value is -2.12. The number of rotatable bonds is 3. The van der Waals surface area contributed by atoms with Crippen LogP contribution in [0, 0.1) is 13.8 Å². The van der Waals surface area contributed by atoms with E-state index in [4.69, 9.17) is 4.74 Å². The average molecular weight is 465 g/mol. The van der Waals surface area contributed by atoms with Gasteiger partial charge in [-0.05, 0) is 65.2 Å². The van der Waals surface area contributed by atoms with Gasteiger partial charge in [0.15, 0.2) is 11.3 Å². The predicted molar refractivity (Wildman–Crippen MR) is 102 cm³/mol. The molecular weight excluding hydrogens is 450 g/mol. The van der Waals surface area contributed by atoms with Gasteiger partial charge in [0.05, 0.1) is 0 Å². The van der Waals surface area contributed by atoms with Crippen molar-refractivity contribution in [2.75, 3.05) is 0 Å². The molecule has 128 valence electrons. The van der Waals surface area contributed by atoms with E-state index >= 15 is 0 Å². The van der Waals surface area contributed by atoms with Crippen LogP contribution < -0.4 is 10.2 Å². The number of aryl methyl sites for hydroxylation is 2. The van der Waals surface area contributed by atoms with Gasteiger partial charge in [0.1, 0.15) is 11.5 Å². The van der Waals surface area contributed by atoms with Crippen molar-refractivity contribution in [3.8, 4) is 11.5 Å². The first-order chi connectivity index (χ1) is 11.9. The average Bonchev–Trinajstić information content (AvgIpc) is 2.56. The molecule has 0 bridgehead atoms. The van der Waals surface area contributed by atoms with E-state index in [1.807, 2.05) is 32.0 Å². The lowest BCUT2D eigenvalue weighted by molar-refractivity contribution is 0.171. The van der Waals surface area contributed by atoms with E-state index in [9.17, 15) is 5.21 Å². The number of nitrogens with zero attached hydrogens (tertiary/aromatic N) is 3. The second-order valence-corrected chi connectivity index (χ2v) is 7.31. The van der Waals surface area contributed by atoms with Crippen molar-refractivity contribution in [3.63, 3.8) is 0 Å². The van der Waals surface area contributed by atoms with E-state index in [0.29, 0.717) is 17.1 Å². The molecule has 0 aliphatic heterocycles. The van der Waals surface area contributed by atoms with Crippen LogP contribution in [0.3, 0.4) is 0 Å². The molecule has 0 aliphatic rings. The fourth-order valence-corrected chi connectivity index (χ4v) is 3.26. The summed E-state index contributed by atoms with van der Waals surface area (Å²) >= 11 is 6.81. The highest BCUT2D eigenvalue weighted by Crippen LogP contribution is 2.30. The van der Waals surface area contributed by atoms with E-state index in [2.05, 4.69) is 41.8 Å². The number of halogens is 2. The topological polar surface area (TPSA) is 59.6 Å². The SMILES string of the molecule is Cc1cc(Br)cc(C)c1Oc1ccn(O)c(=Nc2ccc(Br)cn2)c1. The summed E-state index contributed by atoms with van der Waals surface area (Å²) in [4.78, 5) is 8.52. The minimum absolute atomic E-state index is 0.319. The standard InChI is InChI=1S/C18H15Br2N3O2/c1-11-7-14(20)8-12(2)18(11)25-15-5-6-23(24)17(9-15)22-16-4-3-13(19)10-21-16/h3-10,24H,1-2H3. The van der Waals surface area contributed by atoms with Crippen molar-refractivity contribution in [1.29, 1.82) is 0 Å². The van der Waals surface area contributed by atoms with Gasteiger partial charge in [-0.2, -0.15) is 4.73 Å². The van der Waals surface area contributed by atoms with E-state index in [1.165, 1.54) is 6.20 Å². The second kappa shape index (κ2) is 7.41. The normalized spacial score (nSPS) is 11.6. The molecule has 0 radical (unpaired) electrons. The van der Waals surface area contributed by atoms with Gasteiger partial charge in [-0.1, -0.05) is 15.9 Å². The molecule has 0 saturated carbocycles. The van der Waals surface area contributed by atoms with Gasteiger partial charge < -0.3 is 9.94 Å². The van der Waals surface area contributed by atoms with Crippen molar-refractivity contribution >= 4 is 37.7 Å². The maximum atomic E-state index is 9.99. The monoisotopic (exact) mass is 463 g/mol. The van der Waals surface area contributed by atoms with Crippen LogP contribution in [0.2, 0.25) is 0 Å². The lowest BCUT2D eigenvalue weighted by atomic mass is 10.1. The highest BCUT2D eigenvalue weighted by molar-refractivity contribution is 9.10. The Balaban J connectivity index is 1.99. The number of pyridine rings is 2. The number of ether oxygens (including phenoxy) is 1. The van der Waals surface area contributed by atoms with Gasteiger partial charge >= 0.3 is 0 Å². The third kappa shape index (κ3) is 4.29. The summed E-state index contributed by atoms with van der Waals surface area (Å²) in [6, 6.07) is 10.9. The molecule has 0 saturated heterocycles. The van der Waals surface area contributed by atoms with Crippen molar-refractivity contribution in [1.82, 2.24) is 9.71 Å². The zero-order valence-corrected chi connectivity index (χ0v) is 16.7. The van der Waals surface area contributed by atoms with Crippen LogP contribution in [0.5, 0.6) is 11.5 Å². The first-order valence-corrected chi connectivity index (χ1v) is 9.04. The Kier molecular flexibility index (Phi) is 5.24. The molecule has 25 heavy (non-hydrogen) atoms. The molecule has 0 atom stereocenters. The summed E-state index contributed by atoms with van der Waals surface area (Å²) < 4.78 is 8.81. The van der Waals surface area contributed by atoms with E-state index < -0.39 is 0 Å². The Bertz CT molecular complexity index is 959.